The molecule has 1 saturated heterocycles. The van der Waals surface area contributed by atoms with Gasteiger partial charge >= 0.3 is 0 Å². The van der Waals surface area contributed by atoms with Crippen molar-refractivity contribution in [3.8, 4) is 0 Å². The lowest BCUT2D eigenvalue weighted by atomic mass is 9.86. The summed E-state index contributed by atoms with van der Waals surface area (Å²) in [6.07, 6.45) is 4.79. The van der Waals surface area contributed by atoms with E-state index in [0.29, 0.717) is 13.2 Å². The number of amides is 1. The molecule has 0 aromatic heterocycles. The van der Waals surface area contributed by atoms with Gasteiger partial charge in [0.25, 0.3) is 0 Å². The largest absolute Gasteiger partial charge is 0.384 e. The molecule has 0 spiro atoms. The van der Waals surface area contributed by atoms with Gasteiger partial charge < -0.3 is 14.8 Å². The second-order valence-corrected chi connectivity index (χ2v) is 6.98. The van der Waals surface area contributed by atoms with Gasteiger partial charge in [-0.2, -0.15) is 0 Å². The number of methoxy groups -OCH3 is 1. The van der Waals surface area contributed by atoms with E-state index in [1.165, 1.54) is 12.8 Å². The predicted octanol–water partition coefficient (Wildman–Crippen LogP) is 1.42. The van der Waals surface area contributed by atoms with E-state index in [9.17, 15) is 4.79 Å². The molecule has 0 bridgehead atoms. The van der Waals surface area contributed by atoms with E-state index in [-0.39, 0.29) is 11.3 Å². The number of nitrogens with one attached hydrogen (secondary N) is 1. The highest BCUT2D eigenvalue weighted by Gasteiger charge is 2.38. The third-order valence-electron chi connectivity index (χ3n) is 5.10. The Bertz CT molecular complexity index is 345. The Morgan fingerprint density at radius 3 is 2.48 bits per heavy atom. The summed E-state index contributed by atoms with van der Waals surface area (Å²) in [6, 6.07) is 0. The van der Waals surface area contributed by atoms with Crippen molar-refractivity contribution in [3.63, 3.8) is 0 Å². The molecule has 0 radical (unpaired) electrons. The van der Waals surface area contributed by atoms with Crippen molar-refractivity contribution in [1.82, 2.24) is 10.2 Å². The minimum Gasteiger partial charge on any atom is -0.384 e. The minimum absolute atomic E-state index is 0.117. The molecular formula is C16H30N2O3. The Balaban J connectivity index is 1.90. The summed E-state index contributed by atoms with van der Waals surface area (Å²) in [5.74, 6) is 0.117. The molecule has 0 unspecified atom stereocenters. The average Bonchev–Trinajstić information content (AvgIpc) is 2.95. The van der Waals surface area contributed by atoms with E-state index < -0.39 is 5.54 Å². The molecule has 1 amide bonds. The van der Waals surface area contributed by atoms with Crippen LogP contribution in [-0.4, -0.2) is 62.9 Å². The second kappa shape index (κ2) is 7.07. The van der Waals surface area contributed by atoms with Gasteiger partial charge in [-0.05, 0) is 26.7 Å². The number of carbonyl (C=O) groups excluding carboxylic acids is 1. The number of nitrogens with zero attached hydrogens (tertiary/aromatic N) is 1. The van der Waals surface area contributed by atoms with Crippen LogP contribution in [0.5, 0.6) is 0 Å². The van der Waals surface area contributed by atoms with Gasteiger partial charge in [-0.1, -0.05) is 12.8 Å². The number of hydrogen-bond acceptors (Lipinski definition) is 4. The first-order valence-electron chi connectivity index (χ1n) is 8.10. The lowest BCUT2D eigenvalue weighted by molar-refractivity contribution is -0.135. The molecule has 5 heteroatoms. The molecule has 2 fully saturated rings. The van der Waals surface area contributed by atoms with Crippen LogP contribution in [0.15, 0.2) is 0 Å². The SMILES string of the molecule is COCC1(CNC(=O)C(C)(C)N2CCOCC2)CCCC1. The summed E-state index contributed by atoms with van der Waals surface area (Å²) in [6.45, 7) is 8.55. The zero-order chi connectivity index (χ0) is 15.3. The van der Waals surface area contributed by atoms with Crippen LogP contribution in [0, 0.1) is 5.41 Å². The standard InChI is InChI=1S/C16H30N2O3/c1-15(2,18-8-10-21-11-9-18)14(19)17-12-16(13-20-3)6-4-5-7-16/h4-13H2,1-3H3,(H,17,19). The number of morpholine rings is 1. The minimum atomic E-state index is -0.476. The number of carbonyl (C=O) groups is 1. The molecule has 0 atom stereocenters. The van der Waals surface area contributed by atoms with Crippen LogP contribution < -0.4 is 5.32 Å². The van der Waals surface area contributed by atoms with E-state index in [0.717, 1.165) is 39.1 Å². The molecule has 2 aliphatic rings. The normalized spacial score (nSPS) is 23.2. The maximum atomic E-state index is 12.6. The summed E-state index contributed by atoms with van der Waals surface area (Å²) >= 11 is 0. The lowest BCUT2D eigenvalue weighted by Crippen LogP contribution is -2.59. The molecule has 0 aromatic rings. The third kappa shape index (κ3) is 3.96. The van der Waals surface area contributed by atoms with E-state index in [2.05, 4.69) is 10.2 Å². The fourth-order valence-electron chi connectivity index (χ4n) is 3.55. The van der Waals surface area contributed by atoms with Gasteiger partial charge in [-0.25, -0.2) is 0 Å². The van der Waals surface area contributed by atoms with Crippen LogP contribution in [0.1, 0.15) is 39.5 Å². The summed E-state index contributed by atoms with van der Waals surface area (Å²) in [7, 11) is 1.75. The maximum Gasteiger partial charge on any atom is 0.239 e. The first kappa shape index (κ1) is 16.7. The second-order valence-electron chi connectivity index (χ2n) is 6.98. The maximum absolute atomic E-state index is 12.6. The molecule has 2 rings (SSSR count). The van der Waals surface area contributed by atoms with Crippen LogP contribution in [-0.2, 0) is 14.3 Å². The molecule has 122 valence electrons. The average molecular weight is 298 g/mol. The molecule has 1 N–H and O–H groups in total. The number of ether oxygens (including phenoxy) is 2. The van der Waals surface area contributed by atoms with Crippen LogP contribution in [0.25, 0.3) is 0 Å². The van der Waals surface area contributed by atoms with E-state index in [1.54, 1.807) is 7.11 Å². The zero-order valence-electron chi connectivity index (χ0n) is 13.7. The molecule has 0 aromatic carbocycles. The van der Waals surface area contributed by atoms with Gasteiger partial charge in [-0.3, -0.25) is 9.69 Å². The number of rotatable bonds is 6. The first-order chi connectivity index (χ1) is 10.0. The van der Waals surface area contributed by atoms with Crippen LogP contribution in [0.4, 0.5) is 0 Å². The summed E-state index contributed by atoms with van der Waals surface area (Å²) in [5.41, 5.74) is -0.331. The van der Waals surface area contributed by atoms with Crippen LogP contribution >= 0.6 is 0 Å². The Hall–Kier alpha value is -0.650. The molecule has 1 aliphatic heterocycles. The molecule has 1 heterocycles. The Morgan fingerprint density at radius 1 is 1.29 bits per heavy atom. The van der Waals surface area contributed by atoms with E-state index >= 15 is 0 Å². The quantitative estimate of drug-likeness (QED) is 0.806. The van der Waals surface area contributed by atoms with Crippen molar-refractivity contribution in [2.24, 2.45) is 5.41 Å². The van der Waals surface area contributed by atoms with Gasteiger partial charge in [0, 0.05) is 32.2 Å². The molecular weight excluding hydrogens is 268 g/mol. The highest BCUT2D eigenvalue weighted by molar-refractivity contribution is 5.85. The van der Waals surface area contributed by atoms with Crippen molar-refractivity contribution in [2.45, 2.75) is 45.1 Å². The smallest absolute Gasteiger partial charge is 0.239 e. The van der Waals surface area contributed by atoms with Crippen molar-refractivity contribution >= 4 is 5.91 Å². The van der Waals surface area contributed by atoms with Gasteiger partial charge in [0.05, 0.1) is 25.4 Å². The summed E-state index contributed by atoms with van der Waals surface area (Å²) < 4.78 is 10.8. The van der Waals surface area contributed by atoms with Crippen molar-refractivity contribution in [1.29, 1.82) is 0 Å². The third-order valence-corrected chi connectivity index (χ3v) is 5.10. The molecule has 21 heavy (non-hydrogen) atoms. The van der Waals surface area contributed by atoms with Crippen LogP contribution in [0.3, 0.4) is 0 Å². The fourth-order valence-corrected chi connectivity index (χ4v) is 3.55. The molecule has 1 aliphatic carbocycles. The van der Waals surface area contributed by atoms with Crippen LogP contribution in [0.2, 0.25) is 0 Å². The monoisotopic (exact) mass is 298 g/mol. The van der Waals surface area contributed by atoms with Gasteiger partial charge in [-0.15, -0.1) is 0 Å². The van der Waals surface area contributed by atoms with Crippen molar-refractivity contribution < 1.29 is 14.3 Å². The van der Waals surface area contributed by atoms with Crippen molar-refractivity contribution in [3.05, 3.63) is 0 Å². The van der Waals surface area contributed by atoms with E-state index in [4.69, 9.17) is 9.47 Å². The first-order valence-corrected chi connectivity index (χ1v) is 8.10. The number of hydrogen-bond donors (Lipinski definition) is 1. The van der Waals surface area contributed by atoms with E-state index in [1.807, 2.05) is 13.8 Å². The Kier molecular flexibility index (Phi) is 5.63. The predicted molar refractivity (Wildman–Crippen MR) is 82.3 cm³/mol. The zero-order valence-corrected chi connectivity index (χ0v) is 13.7. The Labute approximate surface area is 128 Å². The van der Waals surface area contributed by atoms with Gasteiger partial charge in [0.1, 0.15) is 0 Å². The van der Waals surface area contributed by atoms with Crippen molar-refractivity contribution in [2.75, 3.05) is 46.6 Å². The summed E-state index contributed by atoms with van der Waals surface area (Å²) in [5, 5.41) is 3.19. The lowest BCUT2D eigenvalue weighted by Gasteiger charge is -2.40. The summed E-state index contributed by atoms with van der Waals surface area (Å²) in [4.78, 5) is 14.8. The molecule has 5 nitrogen and oxygen atoms in total. The van der Waals surface area contributed by atoms with Gasteiger partial charge in [0.2, 0.25) is 5.91 Å². The highest BCUT2D eigenvalue weighted by atomic mass is 16.5. The van der Waals surface area contributed by atoms with Gasteiger partial charge in [0.15, 0.2) is 0 Å². The molecule has 1 saturated carbocycles. The fraction of sp³-hybridized carbons (Fsp3) is 0.938. The Morgan fingerprint density at radius 2 is 1.90 bits per heavy atom. The topological polar surface area (TPSA) is 50.8 Å². The highest BCUT2D eigenvalue weighted by Crippen LogP contribution is 2.37.